The average Bonchev–Trinajstić information content (AvgIpc) is 2.65. The second-order valence-electron chi connectivity index (χ2n) is 6.23. The van der Waals surface area contributed by atoms with Crippen molar-refractivity contribution in [1.29, 1.82) is 0 Å². The highest BCUT2D eigenvalue weighted by Crippen LogP contribution is 2.13. The number of aromatic nitrogens is 1. The Balaban J connectivity index is 1.55. The fraction of sp³-hybridized carbons (Fsp3) is 0.333. The van der Waals surface area contributed by atoms with E-state index in [1.807, 2.05) is 31.3 Å². The summed E-state index contributed by atoms with van der Waals surface area (Å²) in [6.45, 7) is 5.20. The molecule has 1 aliphatic heterocycles. The van der Waals surface area contributed by atoms with Crippen molar-refractivity contribution < 1.29 is 23.5 Å². The van der Waals surface area contributed by atoms with Crippen LogP contribution in [-0.2, 0) is 4.79 Å². The summed E-state index contributed by atoms with van der Waals surface area (Å²) in [5.74, 6) is -1.02. The van der Waals surface area contributed by atoms with Gasteiger partial charge in [0.1, 0.15) is 26.2 Å². The molecule has 0 bridgehead atoms. The lowest BCUT2D eigenvalue weighted by atomic mass is 10.2. The van der Waals surface area contributed by atoms with Gasteiger partial charge in [0.15, 0.2) is 17.7 Å². The minimum absolute atomic E-state index is 0.194. The Morgan fingerprint density at radius 1 is 1.20 bits per heavy atom. The third kappa shape index (κ3) is 4.11. The smallest absolute Gasteiger partial charge is 0.282 e. The van der Waals surface area contributed by atoms with Gasteiger partial charge in [-0.3, -0.25) is 9.69 Å². The summed E-state index contributed by atoms with van der Waals surface area (Å²) in [6, 6.07) is 9.07. The van der Waals surface area contributed by atoms with E-state index in [2.05, 4.69) is 15.2 Å². The third-order valence-corrected chi connectivity index (χ3v) is 4.63. The lowest BCUT2D eigenvalue weighted by molar-refractivity contribution is -0.914. The van der Waals surface area contributed by atoms with E-state index in [-0.39, 0.29) is 17.6 Å². The predicted octanol–water partition coefficient (Wildman–Crippen LogP) is 0.511. The number of H-pyrrole nitrogens is 1. The summed E-state index contributed by atoms with van der Waals surface area (Å²) < 4.78 is 26.2. The Kier molecular flexibility index (Phi) is 5.23. The topological polar surface area (TPSA) is 50.9 Å². The van der Waals surface area contributed by atoms with Crippen molar-refractivity contribution in [3.05, 3.63) is 54.2 Å². The zero-order valence-electron chi connectivity index (χ0n) is 14.1. The highest BCUT2D eigenvalue weighted by atomic mass is 19.2. The molecule has 3 N–H and O–H groups in total. The molecule has 1 saturated heterocycles. The Labute approximate surface area is 145 Å². The molecule has 1 amide bonds. The lowest BCUT2D eigenvalue weighted by Crippen LogP contribution is -3.19. The van der Waals surface area contributed by atoms with Crippen LogP contribution in [0.2, 0.25) is 0 Å². The summed E-state index contributed by atoms with van der Waals surface area (Å²) in [5, 5.41) is 2.66. The number of amides is 1. The van der Waals surface area contributed by atoms with Gasteiger partial charge in [-0.25, -0.2) is 13.8 Å². The molecule has 3 rings (SSSR count). The van der Waals surface area contributed by atoms with Crippen LogP contribution in [-0.4, -0.2) is 38.1 Å². The number of rotatable bonds is 4. The molecule has 132 valence electrons. The van der Waals surface area contributed by atoms with Crippen molar-refractivity contribution in [2.24, 2.45) is 0 Å². The predicted molar refractivity (Wildman–Crippen MR) is 90.4 cm³/mol. The van der Waals surface area contributed by atoms with E-state index in [1.54, 1.807) is 0 Å². The van der Waals surface area contributed by atoms with Crippen molar-refractivity contribution in [3.8, 4) is 0 Å². The molecule has 1 aromatic carbocycles. The van der Waals surface area contributed by atoms with Gasteiger partial charge in [0.05, 0.1) is 6.20 Å². The number of nitrogens with zero attached hydrogens (tertiary/aromatic N) is 1. The van der Waals surface area contributed by atoms with Gasteiger partial charge in [-0.1, -0.05) is 6.07 Å². The number of benzene rings is 1. The molecule has 1 aliphatic rings. The maximum atomic E-state index is 13.2. The molecule has 0 saturated carbocycles. The van der Waals surface area contributed by atoms with Crippen LogP contribution in [0.15, 0.2) is 42.6 Å². The van der Waals surface area contributed by atoms with Gasteiger partial charge in [0.25, 0.3) is 11.7 Å². The molecule has 25 heavy (non-hydrogen) atoms. The number of quaternary nitrogens is 1. The van der Waals surface area contributed by atoms with Crippen molar-refractivity contribution in [2.75, 3.05) is 36.4 Å². The fourth-order valence-corrected chi connectivity index (χ4v) is 3.06. The van der Waals surface area contributed by atoms with Crippen LogP contribution in [0.1, 0.15) is 6.92 Å². The summed E-state index contributed by atoms with van der Waals surface area (Å²) in [5.41, 5.74) is 0.271. The standard InChI is InChI=1S/C18H20F2N4O/c1-13(18(25)22-14-5-6-15(19)16(20)12-14)23-8-10-24(11-9-23)17-4-2-3-7-21-17/h2-7,12-13H,8-11H2,1H3,(H,22,25)/p+2/t13-/m1/s1. The van der Waals surface area contributed by atoms with Crippen LogP contribution in [0.4, 0.5) is 20.3 Å². The van der Waals surface area contributed by atoms with Crippen molar-refractivity contribution in [2.45, 2.75) is 13.0 Å². The Morgan fingerprint density at radius 3 is 2.60 bits per heavy atom. The number of pyridine rings is 1. The molecule has 7 heteroatoms. The van der Waals surface area contributed by atoms with E-state index >= 15 is 0 Å². The Morgan fingerprint density at radius 2 is 1.96 bits per heavy atom. The number of anilines is 2. The first-order chi connectivity index (χ1) is 12.0. The fourth-order valence-electron chi connectivity index (χ4n) is 3.06. The number of carbonyl (C=O) groups excluding carboxylic acids is 1. The van der Waals surface area contributed by atoms with Crippen molar-refractivity contribution in [1.82, 2.24) is 0 Å². The third-order valence-electron chi connectivity index (χ3n) is 4.63. The molecule has 0 aliphatic carbocycles. The molecular weight excluding hydrogens is 326 g/mol. The molecule has 1 fully saturated rings. The van der Waals surface area contributed by atoms with Gasteiger partial charge < -0.3 is 10.2 Å². The number of nitrogens with one attached hydrogen (secondary N) is 3. The molecule has 1 aromatic heterocycles. The SMILES string of the molecule is C[C@H](C(=O)Nc1ccc(F)c(F)c1)[NH+]1CCN(c2cccc[nH+]2)CC1. The first-order valence-corrected chi connectivity index (χ1v) is 8.37. The van der Waals surface area contributed by atoms with E-state index in [0.29, 0.717) is 0 Å². The molecule has 2 heterocycles. The van der Waals surface area contributed by atoms with Crippen LogP contribution < -0.4 is 20.1 Å². The molecule has 0 radical (unpaired) electrons. The van der Waals surface area contributed by atoms with E-state index in [4.69, 9.17) is 0 Å². The minimum Gasteiger partial charge on any atom is -0.321 e. The van der Waals surface area contributed by atoms with E-state index in [0.717, 1.165) is 44.1 Å². The molecule has 0 spiro atoms. The van der Waals surface area contributed by atoms with Gasteiger partial charge in [-0.2, -0.15) is 0 Å². The zero-order chi connectivity index (χ0) is 17.8. The highest BCUT2D eigenvalue weighted by molar-refractivity contribution is 5.93. The summed E-state index contributed by atoms with van der Waals surface area (Å²) in [6.07, 6.45) is 1.90. The maximum absolute atomic E-state index is 13.2. The van der Waals surface area contributed by atoms with Crippen LogP contribution in [0.25, 0.3) is 0 Å². The number of hydrogen-bond donors (Lipinski definition) is 2. The summed E-state index contributed by atoms with van der Waals surface area (Å²) in [4.78, 5) is 19.0. The number of carbonyl (C=O) groups is 1. The number of piperazine rings is 1. The van der Waals surface area contributed by atoms with Crippen LogP contribution in [0, 0.1) is 11.6 Å². The monoisotopic (exact) mass is 348 g/mol. The molecular formula is C18H22F2N4O+2. The molecule has 5 nitrogen and oxygen atoms in total. The van der Waals surface area contributed by atoms with E-state index < -0.39 is 11.6 Å². The second kappa shape index (κ2) is 7.57. The van der Waals surface area contributed by atoms with Crippen molar-refractivity contribution >= 4 is 17.4 Å². The molecule has 1 atom stereocenters. The van der Waals surface area contributed by atoms with E-state index in [1.165, 1.54) is 11.0 Å². The van der Waals surface area contributed by atoms with Crippen LogP contribution in [0.3, 0.4) is 0 Å². The number of aromatic amines is 1. The van der Waals surface area contributed by atoms with Crippen LogP contribution in [0.5, 0.6) is 0 Å². The first kappa shape index (κ1) is 17.3. The first-order valence-electron chi connectivity index (χ1n) is 8.37. The largest absolute Gasteiger partial charge is 0.321 e. The number of hydrogen-bond acceptors (Lipinski definition) is 2. The van der Waals surface area contributed by atoms with Gasteiger partial charge in [-0.15, -0.1) is 0 Å². The minimum atomic E-state index is -0.967. The van der Waals surface area contributed by atoms with Gasteiger partial charge in [-0.05, 0) is 25.1 Å². The highest BCUT2D eigenvalue weighted by Gasteiger charge is 2.32. The molecule has 2 aromatic rings. The maximum Gasteiger partial charge on any atom is 0.282 e. The number of halogens is 2. The van der Waals surface area contributed by atoms with Gasteiger partial charge >= 0.3 is 0 Å². The van der Waals surface area contributed by atoms with Crippen LogP contribution >= 0.6 is 0 Å². The van der Waals surface area contributed by atoms with Gasteiger partial charge in [0.2, 0.25) is 0 Å². The normalized spacial score (nSPS) is 16.5. The van der Waals surface area contributed by atoms with Gasteiger partial charge in [0, 0.05) is 17.8 Å². The second-order valence-corrected chi connectivity index (χ2v) is 6.23. The zero-order valence-corrected chi connectivity index (χ0v) is 14.1. The lowest BCUT2D eigenvalue weighted by Gasteiger charge is -2.31. The Bertz CT molecular complexity index is 733. The van der Waals surface area contributed by atoms with Crippen molar-refractivity contribution in [3.63, 3.8) is 0 Å². The van der Waals surface area contributed by atoms with E-state index in [9.17, 15) is 13.6 Å². The average molecular weight is 348 g/mol. The Hall–Kier alpha value is -2.54. The molecule has 0 unspecified atom stereocenters. The quantitative estimate of drug-likeness (QED) is 0.846. The summed E-state index contributed by atoms with van der Waals surface area (Å²) in [7, 11) is 0. The summed E-state index contributed by atoms with van der Waals surface area (Å²) >= 11 is 0.